The first-order chi connectivity index (χ1) is 9.74. The SMILES string of the molecule is Cc1csc(CCNC(=O)c2n[nH]c3ccccc23)n1. The minimum atomic E-state index is -0.157. The predicted octanol–water partition coefficient (Wildman–Crippen LogP) is 2.30. The lowest BCUT2D eigenvalue weighted by molar-refractivity contribution is 0.0950. The summed E-state index contributed by atoms with van der Waals surface area (Å²) in [6.45, 7) is 2.53. The van der Waals surface area contributed by atoms with Gasteiger partial charge in [0.05, 0.1) is 10.5 Å². The van der Waals surface area contributed by atoms with E-state index >= 15 is 0 Å². The van der Waals surface area contributed by atoms with Gasteiger partial charge in [0.1, 0.15) is 0 Å². The number of aromatic nitrogens is 3. The van der Waals surface area contributed by atoms with Crippen LogP contribution in [0.4, 0.5) is 0 Å². The molecule has 6 heteroatoms. The van der Waals surface area contributed by atoms with Gasteiger partial charge in [0.25, 0.3) is 5.91 Å². The Morgan fingerprint density at radius 2 is 2.25 bits per heavy atom. The maximum atomic E-state index is 12.1. The molecule has 1 aromatic carbocycles. The van der Waals surface area contributed by atoms with E-state index in [4.69, 9.17) is 0 Å². The van der Waals surface area contributed by atoms with Gasteiger partial charge in [-0.2, -0.15) is 5.10 Å². The fourth-order valence-electron chi connectivity index (χ4n) is 2.02. The first-order valence-corrected chi connectivity index (χ1v) is 7.24. The number of thiazole rings is 1. The maximum Gasteiger partial charge on any atom is 0.272 e. The molecule has 2 heterocycles. The zero-order valence-corrected chi connectivity index (χ0v) is 11.8. The molecule has 0 saturated carbocycles. The van der Waals surface area contributed by atoms with Gasteiger partial charge in [0.15, 0.2) is 5.69 Å². The van der Waals surface area contributed by atoms with Gasteiger partial charge in [0.2, 0.25) is 0 Å². The number of amides is 1. The van der Waals surface area contributed by atoms with Crippen molar-refractivity contribution in [3.63, 3.8) is 0 Å². The van der Waals surface area contributed by atoms with Crippen LogP contribution >= 0.6 is 11.3 Å². The molecule has 0 atom stereocenters. The van der Waals surface area contributed by atoms with Crippen molar-refractivity contribution in [2.24, 2.45) is 0 Å². The fourth-order valence-corrected chi connectivity index (χ4v) is 2.80. The van der Waals surface area contributed by atoms with Crippen molar-refractivity contribution in [3.8, 4) is 0 Å². The van der Waals surface area contributed by atoms with Gasteiger partial charge in [-0.1, -0.05) is 18.2 Å². The van der Waals surface area contributed by atoms with Gasteiger partial charge in [0, 0.05) is 29.4 Å². The van der Waals surface area contributed by atoms with Crippen LogP contribution in [0.2, 0.25) is 0 Å². The van der Waals surface area contributed by atoms with E-state index in [0.29, 0.717) is 12.2 Å². The van der Waals surface area contributed by atoms with Crippen LogP contribution in [0, 0.1) is 6.92 Å². The highest BCUT2D eigenvalue weighted by atomic mass is 32.1. The molecule has 0 radical (unpaired) electrons. The van der Waals surface area contributed by atoms with Crippen molar-refractivity contribution in [2.75, 3.05) is 6.54 Å². The normalized spacial score (nSPS) is 10.8. The summed E-state index contributed by atoms with van der Waals surface area (Å²) in [5.74, 6) is -0.157. The van der Waals surface area contributed by atoms with Gasteiger partial charge in [-0.25, -0.2) is 4.98 Å². The van der Waals surface area contributed by atoms with Crippen LogP contribution in [0.15, 0.2) is 29.6 Å². The van der Waals surface area contributed by atoms with Crippen molar-refractivity contribution in [2.45, 2.75) is 13.3 Å². The Bertz CT molecular complexity index is 746. The summed E-state index contributed by atoms with van der Waals surface area (Å²) in [6.07, 6.45) is 0.743. The van der Waals surface area contributed by atoms with Gasteiger partial charge < -0.3 is 5.32 Å². The van der Waals surface area contributed by atoms with E-state index in [1.54, 1.807) is 11.3 Å². The lowest BCUT2D eigenvalue weighted by Crippen LogP contribution is -2.26. The second-order valence-electron chi connectivity index (χ2n) is 4.51. The average molecular weight is 286 g/mol. The maximum absolute atomic E-state index is 12.1. The van der Waals surface area contributed by atoms with Crippen molar-refractivity contribution >= 4 is 28.1 Å². The second kappa shape index (κ2) is 5.42. The number of rotatable bonds is 4. The third-order valence-electron chi connectivity index (χ3n) is 2.98. The number of benzene rings is 1. The van der Waals surface area contributed by atoms with Crippen LogP contribution in [0.5, 0.6) is 0 Å². The Hall–Kier alpha value is -2.21. The minimum Gasteiger partial charge on any atom is -0.350 e. The summed E-state index contributed by atoms with van der Waals surface area (Å²) in [7, 11) is 0. The highest BCUT2D eigenvalue weighted by Gasteiger charge is 2.13. The van der Waals surface area contributed by atoms with Crippen LogP contribution in [-0.2, 0) is 6.42 Å². The third kappa shape index (κ3) is 2.55. The zero-order chi connectivity index (χ0) is 13.9. The molecule has 0 fully saturated rings. The van der Waals surface area contributed by atoms with Crippen molar-refractivity contribution in [3.05, 3.63) is 46.0 Å². The Morgan fingerprint density at radius 1 is 1.40 bits per heavy atom. The van der Waals surface area contributed by atoms with Gasteiger partial charge in [-0.3, -0.25) is 9.89 Å². The molecule has 0 aliphatic rings. The average Bonchev–Trinajstić information content (AvgIpc) is 3.05. The molecule has 2 aromatic heterocycles. The molecule has 0 spiro atoms. The zero-order valence-electron chi connectivity index (χ0n) is 11.0. The fraction of sp³-hybridized carbons (Fsp3) is 0.214. The van der Waals surface area contributed by atoms with Crippen LogP contribution in [0.25, 0.3) is 10.9 Å². The van der Waals surface area contributed by atoms with Crippen molar-refractivity contribution < 1.29 is 4.79 Å². The van der Waals surface area contributed by atoms with Crippen LogP contribution in [0.1, 0.15) is 21.2 Å². The van der Waals surface area contributed by atoms with Crippen molar-refractivity contribution in [1.82, 2.24) is 20.5 Å². The monoisotopic (exact) mass is 286 g/mol. The molecule has 20 heavy (non-hydrogen) atoms. The smallest absolute Gasteiger partial charge is 0.272 e. The highest BCUT2D eigenvalue weighted by molar-refractivity contribution is 7.09. The van der Waals surface area contributed by atoms with E-state index in [-0.39, 0.29) is 5.91 Å². The minimum absolute atomic E-state index is 0.157. The molecule has 1 amide bonds. The van der Waals surface area contributed by atoms with E-state index in [1.807, 2.05) is 36.6 Å². The molecule has 2 N–H and O–H groups in total. The summed E-state index contributed by atoms with van der Waals surface area (Å²) in [5, 5.41) is 13.7. The molecule has 102 valence electrons. The van der Waals surface area contributed by atoms with Gasteiger partial charge >= 0.3 is 0 Å². The number of carbonyl (C=O) groups excluding carboxylic acids is 1. The molecule has 5 nitrogen and oxygen atoms in total. The molecular formula is C14H14N4OS. The van der Waals surface area contributed by atoms with Crippen LogP contribution in [0.3, 0.4) is 0 Å². The lowest BCUT2D eigenvalue weighted by Gasteiger charge is -2.01. The number of carbonyl (C=O) groups is 1. The van der Waals surface area contributed by atoms with E-state index in [1.165, 1.54) is 0 Å². The predicted molar refractivity (Wildman–Crippen MR) is 79.0 cm³/mol. The van der Waals surface area contributed by atoms with E-state index in [2.05, 4.69) is 20.5 Å². The second-order valence-corrected chi connectivity index (χ2v) is 5.45. The number of fused-ring (bicyclic) bond motifs is 1. The van der Waals surface area contributed by atoms with E-state index < -0.39 is 0 Å². The van der Waals surface area contributed by atoms with Crippen molar-refractivity contribution in [1.29, 1.82) is 0 Å². The quantitative estimate of drug-likeness (QED) is 0.773. The molecule has 3 aromatic rings. The largest absolute Gasteiger partial charge is 0.350 e. The first kappa shape index (κ1) is 12.8. The highest BCUT2D eigenvalue weighted by Crippen LogP contribution is 2.14. The summed E-state index contributed by atoms with van der Waals surface area (Å²) in [4.78, 5) is 16.5. The molecule has 3 rings (SSSR count). The Morgan fingerprint density at radius 3 is 3.05 bits per heavy atom. The summed E-state index contributed by atoms with van der Waals surface area (Å²) in [5.41, 5.74) is 2.33. The van der Waals surface area contributed by atoms with Crippen LogP contribution < -0.4 is 5.32 Å². The first-order valence-electron chi connectivity index (χ1n) is 6.36. The molecule has 0 aliphatic heterocycles. The number of nitrogens with zero attached hydrogens (tertiary/aromatic N) is 2. The number of hydrogen-bond acceptors (Lipinski definition) is 4. The number of hydrogen-bond donors (Lipinski definition) is 2. The molecule has 0 bridgehead atoms. The third-order valence-corrected chi connectivity index (χ3v) is 4.00. The molecular weight excluding hydrogens is 272 g/mol. The number of aromatic amines is 1. The Labute approximate surface area is 120 Å². The summed E-state index contributed by atoms with van der Waals surface area (Å²) >= 11 is 1.62. The number of H-pyrrole nitrogens is 1. The molecule has 0 unspecified atom stereocenters. The van der Waals surface area contributed by atoms with Crippen LogP contribution in [-0.4, -0.2) is 27.6 Å². The van der Waals surface area contributed by atoms with Gasteiger partial charge in [-0.15, -0.1) is 11.3 Å². The van der Waals surface area contributed by atoms with E-state index in [0.717, 1.165) is 28.0 Å². The van der Waals surface area contributed by atoms with E-state index in [9.17, 15) is 4.79 Å². The standard InChI is InChI=1S/C14H14N4OS/c1-9-8-20-12(16-9)6-7-15-14(19)13-10-4-2-3-5-11(10)17-18-13/h2-5,8H,6-7H2,1H3,(H,15,19)(H,17,18). The summed E-state index contributed by atoms with van der Waals surface area (Å²) in [6, 6.07) is 7.59. The van der Waals surface area contributed by atoms with Gasteiger partial charge in [-0.05, 0) is 13.0 Å². The number of para-hydroxylation sites is 1. The Kier molecular flexibility index (Phi) is 3.47. The Balaban J connectivity index is 1.64. The molecule has 0 saturated heterocycles. The topological polar surface area (TPSA) is 70.7 Å². The molecule has 0 aliphatic carbocycles. The summed E-state index contributed by atoms with van der Waals surface area (Å²) < 4.78 is 0. The number of aryl methyl sites for hydroxylation is 1. The number of nitrogens with one attached hydrogen (secondary N) is 2. The lowest BCUT2D eigenvalue weighted by atomic mass is 10.2.